The van der Waals surface area contributed by atoms with Crippen molar-refractivity contribution in [1.82, 2.24) is 0 Å². The molecule has 0 aromatic carbocycles. The number of ketones is 1. The molecule has 0 N–H and O–H groups in total. The number of hydrogen-bond acceptors (Lipinski definition) is 1. The van der Waals surface area contributed by atoms with Crippen LogP contribution >= 0.6 is 22.6 Å². The van der Waals surface area contributed by atoms with Crippen LogP contribution in [0.1, 0.15) is 27.2 Å². The van der Waals surface area contributed by atoms with Crippen LogP contribution in [0.4, 0.5) is 0 Å². The topological polar surface area (TPSA) is 17.1 Å². The molecule has 0 rings (SSSR count). The number of Topliss-reactive ketones (excluding diaryl/α,β-unsaturated/α-hetero) is 1. The monoisotopic (exact) mass is 254 g/mol. The summed E-state index contributed by atoms with van der Waals surface area (Å²) in [5.74, 6) is 1.27. The maximum Gasteiger partial charge on any atom is 0.133 e. The van der Waals surface area contributed by atoms with Gasteiger partial charge in [-0.05, 0) is 19.3 Å². The summed E-state index contributed by atoms with van der Waals surface area (Å²) in [5.41, 5.74) is 0. The molecule has 0 fully saturated rings. The highest BCUT2D eigenvalue weighted by Crippen LogP contribution is 2.14. The van der Waals surface area contributed by atoms with Gasteiger partial charge in [-0.15, -0.1) is 0 Å². The molecule has 60 valence electrons. The average molecular weight is 254 g/mol. The summed E-state index contributed by atoms with van der Waals surface area (Å²) < 4.78 is 0.964. The van der Waals surface area contributed by atoms with Gasteiger partial charge in [0.15, 0.2) is 0 Å². The molecule has 0 bridgehead atoms. The zero-order chi connectivity index (χ0) is 8.15. The molecule has 2 heteroatoms. The van der Waals surface area contributed by atoms with Gasteiger partial charge < -0.3 is 0 Å². The minimum absolute atomic E-state index is 0.292. The number of carbonyl (C=O) groups is 1. The predicted octanol–water partition coefficient (Wildman–Crippen LogP) is 2.67. The minimum atomic E-state index is 0.292. The van der Waals surface area contributed by atoms with Gasteiger partial charge in [0.2, 0.25) is 0 Å². The first-order valence-electron chi connectivity index (χ1n) is 3.64. The molecule has 1 nitrogen and oxygen atoms in total. The van der Waals surface area contributed by atoms with Crippen LogP contribution in [-0.2, 0) is 4.79 Å². The van der Waals surface area contributed by atoms with Crippen LogP contribution in [0.2, 0.25) is 0 Å². The highest BCUT2D eigenvalue weighted by Gasteiger charge is 2.13. The quantitative estimate of drug-likeness (QED) is 0.556. The Kier molecular flexibility index (Phi) is 5.31. The number of carbonyl (C=O) groups excluding carboxylic acids is 1. The van der Waals surface area contributed by atoms with Gasteiger partial charge in [0.25, 0.3) is 0 Å². The van der Waals surface area contributed by atoms with Crippen LogP contribution in [0.5, 0.6) is 0 Å². The van der Waals surface area contributed by atoms with E-state index in [1.165, 1.54) is 0 Å². The fraction of sp³-hybridized carbons (Fsp3) is 0.875. The Bertz CT molecular complexity index is 110. The third-order valence-electron chi connectivity index (χ3n) is 1.52. The van der Waals surface area contributed by atoms with E-state index in [4.69, 9.17) is 0 Å². The van der Waals surface area contributed by atoms with Crippen molar-refractivity contribution in [3.63, 3.8) is 0 Å². The Morgan fingerprint density at radius 3 is 2.10 bits per heavy atom. The van der Waals surface area contributed by atoms with Crippen molar-refractivity contribution >= 4 is 28.4 Å². The van der Waals surface area contributed by atoms with Gasteiger partial charge in [0.1, 0.15) is 5.78 Å². The third kappa shape index (κ3) is 4.25. The van der Waals surface area contributed by atoms with Crippen LogP contribution in [0.3, 0.4) is 0 Å². The standard InChI is InChI=1S/C8H15IO/c1-6(2)4-8(5-9)7(3)10/h6,8H,4-5H2,1-3H3/t8-/m1/s1. The van der Waals surface area contributed by atoms with E-state index < -0.39 is 0 Å². The summed E-state index contributed by atoms with van der Waals surface area (Å²) >= 11 is 2.28. The second-order valence-corrected chi connectivity index (χ2v) is 3.97. The molecular formula is C8H15IO. The van der Waals surface area contributed by atoms with Crippen LogP contribution in [0, 0.1) is 11.8 Å². The van der Waals surface area contributed by atoms with Gasteiger partial charge in [-0.25, -0.2) is 0 Å². The minimum Gasteiger partial charge on any atom is -0.300 e. The van der Waals surface area contributed by atoms with E-state index in [-0.39, 0.29) is 0 Å². The van der Waals surface area contributed by atoms with E-state index in [1.807, 2.05) is 0 Å². The zero-order valence-electron chi connectivity index (χ0n) is 6.86. The summed E-state index contributed by atoms with van der Waals surface area (Å²) in [6.07, 6.45) is 1.04. The Morgan fingerprint density at radius 1 is 1.50 bits per heavy atom. The third-order valence-corrected chi connectivity index (χ3v) is 2.58. The molecule has 0 saturated heterocycles. The van der Waals surface area contributed by atoms with E-state index in [0.717, 1.165) is 10.8 Å². The highest BCUT2D eigenvalue weighted by atomic mass is 127. The number of rotatable bonds is 4. The Hall–Kier alpha value is 0.400. The summed E-state index contributed by atoms with van der Waals surface area (Å²) in [5, 5.41) is 0. The van der Waals surface area contributed by atoms with Crippen molar-refractivity contribution in [3.05, 3.63) is 0 Å². The van der Waals surface area contributed by atoms with Crippen molar-refractivity contribution in [2.45, 2.75) is 27.2 Å². The van der Waals surface area contributed by atoms with Crippen molar-refractivity contribution < 1.29 is 4.79 Å². The number of halogens is 1. The van der Waals surface area contributed by atoms with Crippen molar-refractivity contribution in [2.24, 2.45) is 11.8 Å². The molecule has 0 spiro atoms. The average Bonchev–Trinajstić information content (AvgIpc) is 1.81. The molecule has 10 heavy (non-hydrogen) atoms. The molecule has 0 amide bonds. The molecule has 0 heterocycles. The maximum absolute atomic E-state index is 10.9. The van der Waals surface area contributed by atoms with E-state index >= 15 is 0 Å². The first kappa shape index (κ1) is 10.4. The SMILES string of the molecule is CC(=O)[C@@H](CI)CC(C)C. The predicted molar refractivity (Wildman–Crippen MR) is 52.5 cm³/mol. The number of alkyl halides is 1. The molecule has 0 aromatic rings. The highest BCUT2D eigenvalue weighted by molar-refractivity contribution is 14.1. The summed E-state index contributed by atoms with van der Waals surface area (Å²) in [7, 11) is 0. The molecule has 0 aromatic heterocycles. The molecule has 0 aliphatic carbocycles. The van der Waals surface area contributed by atoms with Crippen molar-refractivity contribution in [3.8, 4) is 0 Å². The van der Waals surface area contributed by atoms with E-state index in [1.54, 1.807) is 6.92 Å². The van der Waals surface area contributed by atoms with Crippen LogP contribution in [-0.4, -0.2) is 10.2 Å². The van der Waals surface area contributed by atoms with Gasteiger partial charge >= 0.3 is 0 Å². The van der Waals surface area contributed by atoms with Gasteiger partial charge in [-0.3, -0.25) is 4.79 Å². The Balaban J connectivity index is 3.72. The summed E-state index contributed by atoms with van der Waals surface area (Å²) in [6, 6.07) is 0. The maximum atomic E-state index is 10.9. The van der Waals surface area contributed by atoms with Gasteiger partial charge in [-0.1, -0.05) is 36.4 Å². The molecule has 0 radical (unpaired) electrons. The van der Waals surface area contributed by atoms with Crippen molar-refractivity contribution in [1.29, 1.82) is 0 Å². The lowest BCUT2D eigenvalue weighted by Crippen LogP contribution is -2.14. The number of hydrogen-bond donors (Lipinski definition) is 0. The second-order valence-electron chi connectivity index (χ2n) is 3.09. The normalized spacial score (nSPS) is 13.7. The van der Waals surface area contributed by atoms with Crippen LogP contribution in [0.15, 0.2) is 0 Å². The summed E-state index contributed by atoms with van der Waals surface area (Å²) in [6.45, 7) is 6.00. The van der Waals surface area contributed by atoms with Gasteiger partial charge in [0.05, 0.1) is 0 Å². The van der Waals surface area contributed by atoms with Crippen LogP contribution < -0.4 is 0 Å². The van der Waals surface area contributed by atoms with Crippen LogP contribution in [0.25, 0.3) is 0 Å². The molecule has 0 unspecified atom stereocenters. The van der Waals surface area contributed by atoms with Gasteiger partial charge in [-0.2, -0.15) is 0 Å². The van der Waals surface area contributed by atoms with E-state index in [0.29, 0.717) is 17.6 Å². The second kappa shape index (κ2) is 5.10. The largest absolute Gasteiger partial charge is 0.300 e. The molecular weight excluding hydrogens is 239 g/mol. The lowest BCUT2D eigenvalue weighted by atomic mass is 9.96. The summed E-state index contributed by atoms with van der Waals surface area (Å²) in [4.78, 5) is 10.9. The first-order chi connectivity index (χ1) is 4.57. The Labute approximate surface area is 76.7 Å². The zero-order valence-corrected chi connectivity index (χ0v) is 9.01. The van der Waals surface area contributed by atoms with E-state index in [9.17, 15) is 4.79 Å². The lowest BCUT2D eigenvalue weighted by molar-refractivity contribution is -0.120. The molecule has 0 aliphatic heterocycles. The fourth-order valence-electron chi connectivity index (χ4n) is 0.907. The molecule has 0 saturated carbocycles. The molecule has 0 aliphatic rings. The van der Waals surface area contributed by atoms with E-state index in [2.05, 4.69) is 36.4 Å². The first-order valence-corrected chi connectivity index (χ1v) is 5.17. The van der Waals surface area contributed by atoms with Crippen molar-refractivity contribution in [2.75, 3.05) is 4.43 Å². The lowest BCUT2D eigenvalue weighted by Gasteiger charge is -2.11. The fourth-order valence-corrected chi connectivity index (χ4v) is 1.89. The Morgan fingerprint density at radius 2 is 2.00 bits per heavy atom. The molecule has 1 atom stereocenters. The smallest absolute Gasteiger partial charge is 0.133 e. The van der Waals surface area contributed by atoms with Gasteiger partial charge in [0, 0.05) is 10.3 Å².